The van der Waals surface area contributed by atoms with Crippen molar-refractivity contribution in [2.24, 2.45) is 0 Å². The van der Waals surface area contributed by atoms with Crippen LogP contribution in [-0.2, 0) is 9.59 Å². The number of thiazole rings is 1. The Hall–Kier alpha value is -3.82. The number of hydrogen-bond acceptors (Lipinski definition) is 7. The lowest BCUT2D eigenvalue weighted by Gasteiger charge is -2.22. The molecule has 1 unspecified atom stereocenters. The van der Waals surface area contributed by atoms with Crippen molar-refractivity contribution in [1.82, 2.24) is 9.97 Å². The lowest BCUT2D eigenvalue weighted by Crippen LogP contribution is -2.29. The van der Waals surface area contributed by atoms with Gasteiger partial charge in [-0.15, -0.1) is 0 Å². The Morgan fingerprint density at radius 1 is 1.17 bits per heavy atom. The Morgan fingerprint density at radius 2 is 1.91 bits per heavy atom. The molecule has 1 fully saturated rings. The smallest absolute Gasteiger partial charge is 0.301 e. The molecule has 1 aliphatic rings. The number of aromatic nitrogens is 2. The molecule has 1 atom stereocenters. The number of amides is 1. The SMILES string of the molecule is COc1ccc(/C(O)=C2\C(=O)C(=O)N(c3nc4cc(Cl)c(F)cc4s3)C2c2ccncc2)cc1C. The van der Waals surface area contributed by atoms with Crippen LogP contribution >= 0.6 is 22.9 Å². The van der Waals surface area contributed by atoms with Crippen LogP contribution in [0.1, 0.15) is 22.7 Å². The van der Waals surface area contributed by atoms with Gasteiger partial charge in [0, 0.05) is 18.0 Å². The number of pyridine rings is 1. The molecule has 35 heavy (non-hydrogen) atoms. The number of aryl methyl sites for hydroxylation is 1. The number of rotatable bonds is 4. The van der Waals surface area contributed by atoms with Gasteiger partial charge in [0.2, 0.25) is 0 Å². The molecule has 0 spiro atoms. The van der Waals surface area contributed by atoms with Crippen LogP contribution in [0.15, 0.2) is 60.4 Å². The molecule has 3 heterocycles. The second-order valence-corrected chi connectivity index (χ2v) is 9.28. The summed E-state index contributed by atoms with van der Waals surface area (Å²) in [4.78, 5) is 36.2. The van der Waals surface area contributed by atoms with Crippen molar-refractivity contribution in [3.05, 3.63) is 88.0 Å². The second-order valence-electron chi connectivity index (χ2n) is 7.86. The summed E-state index contributed by atoms with van der Waals surface area (Å²) in [6.45, 7) is 1.81. The molecule has 2 aromatic heterocycles. The van der Waals surface area contributed by atoms with E-state index < -0.39 is 23.5 Å². The molecule has 4 aromatic rings. The van der Waals surface area contributed by atoms with E-state index in [-0.39, 0.29) is 21.5 Å². The fraction of sp³-hybridized carbons (Fsp3) is 0.120. The first-order chi connectivity index (χ1) is 16.8. The van der Waals surface area contributed by atoms with Gasteiger partial charge in [-0.25, -0.2) is 9.37 Å². The van der Waals surface area contributed by atoms with Crippen LogP contribution < -0.4 is 9.64 Å². The van der Waals surface area contributed by atoms with Crippen molar-refractivity contribution in [3.63, 3.8) is 0 Å². The Morgan fingerprint density at radius 3 is 2.60 bits per heavy atom. The van der Waals surface area contributed by atoms with Gasteiger partial charge < -0.3 is 9.84 Å². The highest BCUT2D eigenvalue weighted by atomic mass is 35.5. The second kappa shape index (κ2) is 8.75. The van der Waals surface area contributed by atoms with E-state index in [1.165, 1.54) is 36.5 Å². The van der Waals surface area contributed by atoms with Gasteiger partial charge in [-0.2, -0.15) is 0 Å². The Kier molecular flexibility index (Phi) is 5.74. The Labute approximate surface area is 208 Å². The third-order valence-electron chi connectivity index (χ3n) is 5.76. The van der Waals surface area contributed by atoms with Gasteiger partial charge in [-0.05, 0) is 60.5 Å². The maximum atomic E-state index is 14.0. The van der Waals surface area contributed by atoms with Gasteiger partial charge in [0.15, 0.2) is 5.13 Å². The molecule has 5 rings (SSSR count). The number of ether oxygens (including phenoxy) is 1. The number of hydrogen-bond donors (Lipinski definition) is 1. The molecule has 0 radical (unpaired) electrons. The number of benzene rings is 2. The maximum absolute atomic E-state index is 14.0. The fourth-order valence-electron chi connectivity index (χ4n) is 4.09. The summed E-state index contributed by atoms with van der Waals surface area (Å²) < 4.78 is 19.8. The molecular weight excluding hydrogens is 493 g/mol. The summed E-state index contributed by atoms with van der Waals surface area (Å²) in [6, 6.07) is 9.89. The zero-order valence-corrected chi connectivity index (χ0v) is 20.0. The van der Waals surface area contributed by atoms with Crippen molar-refractivity contribution in [3.8, 4) is 5.75 Å². The van der Waals surface area contributed by atoms with Gasteiger partial charge in [-0.3, -0.25) is 19.5 Å². The summed E-state index contributed by atoms with van der Waals surface area (Å²) in [5, 5.41) is 11.3. The molecule has 0 bridgehead atoms. The van der Waals surface area contributed by atoms with Crippen molar-refractivity contribution >= 4 is 55.7 Å². The van der Waals surface area contributed by atoms with Gasteiger partial charge in [-0.1, -0.05) is 22.9 Å². The number of methoxy groups -OCH3 is 1. The first-order valence-electron chi connectivity index (χ1n) is 10.4. The zero-order valence-electron chi connectivity index (χ0n) is 18.5. The molecule has 1 saturated heterocycles. The standard InChI is InChI=1S/C25H17ClFN3O4S/c1-12-9-14(3-4-18(12)34-2)22(31)20-21(13-5-7-28-8-6-13)30(24(33)23(20)32)25-29-17-10-15(26)16(27)11-19(17)35-25/h3-11,21,31H,1-2H3/b22-20+. The fourth-order valence-corrected chi connectivity index (χ4v) is 5.24. The summed E-state index contributed by atoms with van der Waals surface area (Å²) in [5.41, 5.74) is 1.95. The highest BCUT2D eigenvalue weighted by Gasteiger charge is 2.48. The number of ketones is 1. The van der Waals surface area contributed by atoms with Gasteiger partial charge >= 0.3 is 5.91 Å². The number of Topliss-reactive ketones (excluding diaryl/α,β-unsaturated/α-hetero) is 1. The number of halogens is 2. The third kappa shape index (κ3) is 3.82. The van der Waals surface area contributed by atoms with E-state index in [2.05, 4.69) is 9.97 Å². The van der Waals surface area contributed by atoms with E-state index in [0.717, 1.165) is 16.9 Å². The quantitative estimate of drug-likeness (QED) is 0.224. The van der Waals surface area contributed by atoms with Gasteiger partial charge in [0.05, 0.1) is 34.0 Å². The van der Waals surface area contributed by atoms with E-state index in [4.69, 9.17) is 16.3 Å². The molecule has 1 amide bonds. The van der Waals surface area contributed by atoms with E-state index in [1.807, 2.05) is 0 Å². The molecule has 1 aliphatic heterocycles. The minimum atomic E-state index is -0.971. The highest BCUT2D eigenvalue weighted by Crippen LogP contribution is 2.44. The first-order valence-corrected chi connectivity index (χ1v) is 11.6. The predicted molar refractivity (Wildman–Crippen MR) is 131 cm³/mol. The molecule has 7 nitrogen and oxygen atoms in total. The summed E-state index contributed by atoms with van der Waals surface area (Å²) in [5.74, 6) is -2.04. The van der Waals surface area contributed by atoms with E-state index in [9.17, 15) is 19.1 Å². The lowest BCUT2D eigenvalue weighted by molar-refractivity contribution is -0.132. The predicted octanol–water partition coefficient (Wildman–Crippen LogP) is 5.43. The van der Waals surface area contributed by atoms with Crippen LogP contribution in [0.3, 0.4) is 0 Å². The van der Waals surface area contributed by atoms with E-state index in [1.54, 1.807) is 37.3 Å². The highest BCUT2D eigenvalue weighted by molar-refractivity contribution is 7.22. The van der Waals surface area contributed by atoms with Gasteiger partial charge in [0.25, 0.3) is 5.78 Å². The van der Waals surface area contributed by atoms with Crippen LogP contribution in [0.25, 0.3) is 16.0 Å². The van der Waals surface area contributed by atoms with Crippen molar-refractivity contribution < 1.29 is 23.8 Å². The topological polar surface area (TPSA) is 92.6 Å². The largest absolute Gasteiger partial charge is 0.507 e. The zero-order chi connectivity index (χ0) is 24.9. The molecule has 1 N–H and O–H groups in total. The minimum Gasteiger partial charge on any atom is -0.507 e. The minimum absolute atomic E-state index is 0.0887. The molecule has 0 aliphatic carbocycles. The molecule has 10 heteroatoms. The van der Waals surface area contributed by atoms with Crippen LogP contribution in [-0.4, -0.2) is 33.9 Å². The Bertz CT molecular complexity index is 1500. The molecule has 0 saturated carbocycles. The van der Waals surface area contributed by atoms with Crippen molar-refractivity contribution in [2.75, 3.05) is 12.0 Å². The Balaban J connectivity index is 1.71. The molecular formula is C25H17ClFN3O4S. The molecule has 2 aromatic carbocycles. The average Bonchev–Trinajstić information content (AvgIpc) is 3.37. The number of anilines is 1. The van der Waals surface area contributed by atoms with Gasteiger partial charge in [0.1, 0.15) is 17.3 Å². The molecule has 176 valence electrons. The maximum Gasteiger partial charge on any atom is 0.301 e. The van der Waals surface area contributed by atoms with E-state index >= 15 is 0 Å². The number of nitrogens with zero attached hydrogens (tertiary/aromatic N) is 3. The normalized spacial score (nSPS) is 17.4. The number of aliphatic hydroxyl groups excluding tert-OH is 1. The van der Waals surface area contributed by atoms with Crippen LogP contribution in [0, 0.1) is 12.7 Å². The van der Waals surface area contributed by atoms with E-state index in [0.29, 0.717) is 27.1 Å². The van der Waals surface area contributed by atoms with Crippen LogP contribution in [0.5, 0.6) is 5.75 Å². The third-order valence-corrected chi connectivity index (χ3v) is 7.07. The van der Waals surface area contributed by atoms with Crippen LogP contribution in [0.2, 0.25) is 5.02 Å². The first kappa shape index (κ1) is 22.9. The summed E-state index contributed by atoms with van der Waals surface area (Å²) in [6.07, 6.45) is 3.06. The number of carbonyl (C=O) groups excluding carboxylic acids is 2. The number of aliphatic hydroxyl groups is 1. The van der Waals surface area contributed by atoms with Crippen LogP contribution in [0.4, 0.5) is 9.52 Å². The average molecular weight is 510 g/mol. The number of carbonyl (C=O) groups is 2. The summed E-state index contributed by atoms with van der Waals surface area (Å²) >= 11 is 6.94. The monoisotopic (exact) mass is 509 g/mol. The summed E-state index contributed by atoms with van der Waals surface area (Å²) in [7, 11) is 1.54. The number of fused-ring (bicyclic) bond motifs is 1. The lowest BCUT2D eigenvalue weighted by atomic mass is 9.95. The van der Waals surface area contributed by atoms with Crippen molar-refractivity contribution in [1.29, 1.82) is 0 Å². The van der Waals surface area contributed by atoms with Crippen molar-refractivity contribution in [2.45, 2.75) is 13.0 Å².